The van der Waals surface area contributed by atoms with Crippen LogP contribution >= 0.6 is 23.4 Å². The number of aliphatic hydroxyl groups excluding tert-OH is 1. The summed E-state index contributed by atoms with van der Waals surface area (Å²) in [7, 11) is 0. The van der Waals surface area contributed by atoms with Crippen molar-refractivity contribution in [1.29, 1.82) is 0 Å². The number of nitrogen functional groups attached to an aromatic ring is 1. The third kappa shape index (κ3) is 3.78. The quantitative estimate of drug-likeness (QED) is 0.605. The molecule has 1 aromatic carbocycles. The first-order valence-electron chi connectivity index (χ1n) is 4.46. The van der Waals surface area contributed by atoms with Gasteiger partial charge >= 0.3 is 0 Å². The molecule has 4 heteroatoms. The van der Waals surface area contributed by atoms with Crippen molar-refractivity contribution in [3.8, 4) is 0 Å². The molecule has 0 aliphatic heterocycles. The number of halogens is 1. The Bertz CT molecular complexity index is 293. The van der Waals surface area contributed by atoms with E-state index in [1.807, 2.05) is 12.1 Å². The van der Waals surface area contributed by atoms with Gasteiger partial charge < -0.3 is 10.8 Å². The molecule has 0 aliphatic carbocycles. The van der Waals surface area contributed by atoms with Crippen molar-refractivity contribution in [3.63, 3.8) is 0 Å². The molecule has 3 N–H and O–H groups in total. The van der Waals surface area contributed by atoms with Gasteiger partial charge in [0.1, 0.15) is 0 Å². The zero-order valence-corrected chi connectivity index (χ0v) is 9.44. The van der Waals surface area contributed by atoms with Gasteiger partial charge in [-0.15, -0.1) is 0 Å². The zero-order chi connectivity index (χ0) is 10.4. The smallest absolute Gasteiger partial charge is 0.0438 e. The van der Waals surface area contributed by atoms with E-state index >= 15 is 0 Å². The van der Waals surface area contributed by atoms with E-state index in [2.05, 4.69) is 0 Å². The Balaban J connectivity index is 2.45. The first-order chi connectivity index (χ1) is 6.74. The Labute approximate surface area is 93.5 Å². The number of rotatable bonds is 5. The van der Waals surface area contributed by atoms with Gasteiger partial charge in [-0.1, -0.05) is 11.6 Å². The summed E-state index contributed by atoms with van der Waals surface area (Å²) < 4.78 is 0. The van der Waals surface area contributed by atoms with Crippen molar-refractivity contribution in [2.24, 2.45) is 0 Å². The average molecular weight is 232 g/mol. The predicted molar refractivity (Wildman–Crippen MR) is 63.7 cm³/mol. The molecule has 0 aromatic heterocycles. The van der Waals surface area contributed by atoms with Crippen LogP contribution in [-0.4, -0.2) is 17.5 Å². The number of nitrogens with two attached hydrogens (primary N) is 1. The number of hydrogen-bond acceptors (Lipinski definition) is 3. The summed E-state index contributed by atoms with van der Waals surface area (Å²) in [6.07, 6.45) is 0.825. The largest absolute Gasteiger partial charge is 0.398 e. The van der Waals surface area contributed by atoms with Gasteiger partial charge in [-0.25, -0.2) is 0 Å². The molecular formula is C10H14ClNOS. The Morgan fingerprint density at radius 3 is 2.93 bits per heavy atom. The Morgan fingerprint density at radius 1 is 1.43 bits per heavy atom. The van der Waals surface area contributed by atoms with Crippen molar-refractivity contribution in [3.05, 3.63) is 28.8 Å². The highest BCUT2D eigenvalue weighted by molar-refractivity contribution is 7.98. The normalized spacial score (nSPS) is 10.4. The van der Waals surface area contributed by atoms with Gasteiger partial charge in [-0.05, 0) is 35.9 Å². The van der Waals surface area contributed by atoms with Crippen molar-refractivity contribution in [1.82, 2.24) is 0 Å². The summed E-state index contributed by atoms with van der Waals surface area (Å²) in [6.45, 7) is 0.248. The van der Waals surface area contributed by atoms with Crippen LogP contribution in [-0.2, 0) is 5.75 Å². The monoisotopic (exact) mass is 231 g/mol. The summed E-state index contributed by atoms with van der Waals surface area (Å²) in [5.41, 5.74) is 7.64. The van der Waals surface area contributed by atoms with Gasteiger partial charge in [-0.2, -0.15) is 11.8 Å². The minimum atomic E-state index is 0.248. The van der Waals surface area contributed by atoms with Crippen LogP contribution in [0.15, 0.2) is 18.2 Å². The van der Waals surface area contributed by atoms with Crippen LogP contribution in [0.3, 0.4) is 0 Å². The predicted octanol–water partition coefficient (Wildman–Crippen LogP) is 2.54. The maximum atomic E-state index is 8.60. The first kappa shape index (κ1) is 11.7. The van der Waals surface area contributed by atoms with Gasteiger partial charge in [0.2, 0.25) is 0 Å². The molecule has 0 radical (unpaired) electrons. The fourth-order valence-corrected chi connectivity index (χ4v) is 2.19. The second-order valence-corrected chi connectivity index (χ2v) is 4.51. The van der Waals surface area contributed by atoms with E-state index in [1.165, 1.54) is 0 Å². The summed E-state index contributed by atoms with van der Waals surface area (Å²) in [5.74, 6) is 1.80. The second-order valence-electron chi connectivity index (χ2n) is 2.97. The molecule has 0 heterocycles. The van der Waals surface area contributed by atoms with Crippen molar-refractivity contribution in [2.75, 3.05) is 18.1 Å². The van der Waals surface area contributed by atoms with Crippen LogP contribution in [0.4, 0.5) is 5.69 Å². The first-order valence-corrected chi connectivity index (χ1v) is 6.00. The van der Waals surface area contributed by atoms with Gasteiger partial charge in [0.05, 0.1) is 0 Å². The lowest BCUT2D eigenvalue weighted by Gasteiger charge is -2.05. The molecule has 0 spiro atoms. The highest BCUT2D eigenvalue weighted by atomic mass is 35.5. The summed E-state index contributed by atoms with van der Waals surface area (Å²) in [5, 5.41) is 9.32. The lowest BCUT2D eigenvalue weighted by atomic mass is 10.2. The molecule has 0 aliphatic rings. The fourth-order valence-electron chi connectivity index (χ4n) is 1.05. The van der Waals surface area contributed by atoms with E-state index in [-0.39, 0.29) is 6.61 Å². The fraction of sp³-hybridized carbons (Fsp3) is 0.400. The third-order valence-corrected chi connectivity index (χ3v) is 3.14. The molecule has 0 fully saturated rings. The molecule has 0 atom stereocenters. The van der Waals surface area contributed by atoms with E-state index in [4.69, 9.17) is 22.4 Å². The van der Waals surface area contributed by atoms with Crippen LogP contribution in [0.25, 0.3) is 0 Å². The molecule has 78 valence electrons. The minimum absolute atomic E-state index is 0.248. The number of anilines is 1. The van der Waals surface area contributed by atoms with Crippen LogP contribution < -0.4 is 5.73 Å². The standard InChI is InChI=1S/C10H14ClNOS/c11-9-2-3-10(12)8(6-9)7-14-5-1-4-13/h2-3,6,13H,1,4-5,7,12H2. The molecule has 14 heavy (non-hydrogen) atoms. The highest BCUT2D eigenvalue weighted by Gasteiger charge is 2.00. The highest BCUT2D eigenvalue weighted by Crippen LogP contribution is 2.22. The number of thioether (sulfide) groups is 1. The van der Waals surface area contributed by atoms with Crippen molar-refractivity contribution < 1.29 is 5.11 Å². The molecule has 2 nitrogen and oxygen atoms in total. The topological polar surface area (TPSA) is 46.2 Å². The van der Waals surface area contributed by atoms with Crippen molar-refractivity contribution in [2.45, 2.75) is 12.2 Å². The van der Waals surface area contributed by atoms with Crippen LogP contribution in [0.2, 0.25) is 5.02 Å². The van der Waals surface area contributed by atoms with Crippen LogP contribution in [0.1, 0.15) is 12.0 Å². The average Bonchev–Trinajstić information content (AvgIpc) is 2.18. The maximum Gasteiger partial charge on any atom is 0.0438 e. The summed E-state index contributed by atoms with van der Waals surface area (Å²) >= 11 is 7.61. The van der Waals surface area contributed by atoms with Crippen LogP contribution in [0.5, 0.6) is 0 Å². The molecular weight excluding hydrogens is 218 g/mol. The molecule has 1 aromatic rings. The van der Waals surface area contributed by atoms with E-state index in [1.54, 1.807) is 17.8 Å². The molecule has 1 rings (SSSR count). The van der Waals surface area contributed by atoms with E-state index in [0.717, 1.165) is 34.2 Å². The van der Waals surface area contributed by atoms with Gasteiger partial charge in [0.25, 0.3) is 0 Å². The Morgan fingerprint density at radius 2 is 2.21 bits per heavy atom. The SMILES string of the molecule is Nc1ccc(Cl)cc1CSCCCO. The van der Waals surface area contributed by atoms with Crippen LogP contribution in [0, 0.1) is 0 Å². The molecule has 0 unspecified atom stereocenters. The lowest BCUT2D eigenvalue weighted by Crippen LogP contribution is -1.93. The number of benzene rings is 1. The number of hydrogen-bond donors (Lipinski definition) is 2. The van der Waals surface area contributed by atoms with Gasteiger partial charge in [0, 0.05) is 23.1 Å². The summed E-state index contributed by atoms with van der Waals surface area (Å²) in [6, 6.07) is 5.51. The molecule has 0 saturated carbocycles. The second kappa shape index (κ2) is 6.17. The Hall–Kier alpha value is -0.380. The zero-order valence-electron chi connectivity index (χ0n) is 7.87. The summed E-state index contributed by atoms with van der Waals surface area (Å²) in [4.78, 5) is 0. The van der Waals surface area contributed by atoms with E-state index in [9.17, 15) is 0 Å². The molecule has 0 bridgehead atoms. The van der Waals surface area contributed by atoms with Gasteiger partial charge in [-0.3, -0.25) is 0 Å². The Kier molecular flexibility index (Phi) is 5.15. The molecule has 0 saturated heterocycles. The van der Waals surface area contributed by atoms with E-state index < -0.39 is 0 Å². The van der Waals surface area contributed by atoms with Crippen molar-refractivity contribution >= 4 is 29.1 Å². The van der Waals surface area contributed by atoms with Gasteiger partial charge in [0.15, 0.2) is 0 Å². The number of aliphatic hydroxyl groups is 1. The maximum absolute atomic E-state index is 8.60. The van der Waals surface area contributed by atoms with E-state index in [0.29, 0.717) is 0 Å². The molecule has 0 amide bonds. The third-order valence-electron chi connectivity index (χ3n) is 1.81. The lowest BCUT2D eigenvalue weighted by molar-refractivity contribution is 0.296. The minimum Gasteiger partial charge on any atom is -0.398 e.